The lowest BCUT2D eigenvalue weighted by Crippen LogP contribution is -2.36. The van der Waals surface area contributed by atoms with Crippen LogP contribution in [-0.4, -0.2) is 78.1 Å². The number of nitrogens with zero attached hydrogens (tertiary/aromatic N) is 2. The van der Waals surface area contributed by atoms with Crippen LogP contribution in [-0.2, 0) is 0 Å². The van der Waals surface area contributed by atoms with Gasteiger partial charge in [0.1, 0.15) is 17.4 Å². The van der Waals surface area contributed by atoms with Crippen molar-refractivity contribution in [1.82, 2.24) is 5.32 Å². The molecular formula is C41H27N3O14. The van der Waals surface area contributed by atoms with E-state index >= 15 is 0 Å². The summed E-state index contributed by atoms with van der Waals surface area (Å²) < 4.78 is 5.78. The number of hydrogen-bond donors (Lipinski definition) is 14. The van der Waals surface area contributed by atoms with Gasteiger partial charge in [-0.15, -0.1) is 0 Å². The molecule has 0 bridgehead atoms. The summed E-state index contributed by atoms with van der Waals surface area (Å²) in [6.07, 6.45) is -1.47. The minimum atomic E-state index is -1.47. The molecule has 0 saturated carbocycles. The molecule has 290 valence electrons. The second kappa shape index (κ2) is 12.2. The Balaban J connectivity index is 1.29. The fourth-order valence-corrected chi connectivity index (χ4v) is 7.32. The Morgan fingerprint density at radius 3 is 1.52 bits per heavy atom. The van der Waals surface area contributed by atoms with Crippen molar-refractivity contribution in [3.05, 3.63) is 89.5 Å². The van der Waals surface area contributed by atoms with Crippen molar-refractivity contribution in [2.45, 2.75) is 6.17 Å². The SMILES string of the molecule is Oc1c(O)c(O)c2c(O)c(-c3c(O)c(O)c4c(oc5c(O)c(C6N=C(c7ccccc7)NC(c7ccc8ccccc8c7)=N6)c(O)c(O)c54)c3O)c(O)c(O)c2c1O. The van der Waals surface area contributed by atoms with Gasteiger partial charge >= 0.3 is 0 Å². The van der Waals surface area contributed by atoms with Crippen LogP contribution in [0.1, 0.15) is 22.9 Å². The molecule has 58 heavy (non-hydrogen) atoms. The van der Waals surface area contributed by atoms with Crippen LogP contribution in [0.5, 0.6) is 74.7 Å². The number of aliphatic imine (C=N–C) groups is 2. The van der Waals surface area contributed by atoms with Gasteiger partial charge in [0.15, 0.2) is 74.8 Å². The third-order valence-corrected chi connectivity index (χ3v) is 10.1. The highest BCUT2D eigenvalue weighted by Crippen LogP contribution is 2.64. The molecule has 0 radical (unpaired) electrons. The van der Waals surface area contributed by atoms with Gasteiger partial charge in [-0.05, 0) is 16.8 Å². The number of hydrogen-bond acceptors (Lipinski definition) is 17. The molecule has 8 aromatic rings. The Labute approximate surface area is 322 Å². The zero-order valence-corrected chi connectivity index (χ0v) is 29.1. The molecule has 0 spiro atoms. The molecule has 9 rings (SSSR count). The second-order valence-electron chi connectivity index (χ2n) is 13.3. The molecule has 7 aromatic carbocycles. The van der Waals surface area contributed by atoms with E-state index in [1.54, 1.807) is 36.4 Å². The average molecular weight is 786 g/mol. The maximum absolute atomic E-state index is 11.8. The van der Waals surface area contributed by atoms with Crippen LogP contribution >= 0.6 is 0 Å². The number of amidine groups is 2. The predicted octanol–water partition coefficient (Wildman–Crippen LogP) is 6.23. The fraction of sp³-hybridized carbons (Fsp3) is 0.0244. The summed E-state index contributed by atoms with van der Waals surface area (Å²) in [4.78, 5) is 9.28. The summed E-state index contributed by atoms with van der Waals surface area (Å²) in [5, 5.41) is 145. The van der Waals surface area contributed by atoms with Gasteiger partial charge in [-0.25, -0.2) is 9.98 Å². The van der Waals surface area contributed by atoms with Crippen molar-refractivity contribution in [3.63, 3.8) is 0 Å². The molecule has 14 N–H and O–H groups in total. The van der Waals surface area contributed by atoms with Crippen LogP contribution < -0.4 is 5.32 Å². The highest BCUT2D eigenvalue weighted by Gasteiger charge is 2.37. The van der Waals surface area contributed by atoms with E-state index in [1.165, 1.54) is 0 Å². The molecule has 1 aliphatic rings. The third kappa shape index (κ3) is 4.70. The summed E-state index contributed by atoms with van der Waals surface area (Å²) in [5.74, 6) is -15.4. The van der Waals surface area contributed by atoms with E-state index in [4.69, 9.17) is 4.42 Å². The normalized spacial score (nSPS) is 14.2. The molecule has 1 atom stereocenters. The van der Waals surface area contributed by atoms with Gasteiger partial charge in [-0.1, -0.05) is 66.7 Å². The lowest BCUT2D eigenvalue weighted by atomic mass is 9.93. The Kier molecular flexibility index (Phi) is 7.39. The summed E-state index contributed by atoms with van der Waals surface area (Å²) in [5.41, 5.74) is -2.94. The summed E-state index contributed by atoms with van der Waals surface area (Å²) in [7, 11) is 0. The van der Waals surface area contributed by atoms with Gasteiger partial charge in [0, 0.05) is 11.1 Å². The van der Waals surface area contributed by atoms with E-state index in [9.17, 15) is 66.4 Å². The highest BCUT2D eigenvalue weighted by molar-refractivity contribution is 6.21. The smallest absolute Gasteiger partial charge is 0.205 e. The van der Waals surface area contributed by atoms with E-state index in [2.05, 4.69) is 15.3 Å². The van der Waals surface area contributed by atoms with E-state index in [-0.39, 0.29) is 11.7 Å². The Bertz CT molecular complexity index is 3190. The topological polar surface area (TPSA) is 313 Å². The number of nitrogens with one attached hydrogen (secondary N) is 1. The van der Waals surface area contributed by atoms with Gasteiger partial charge in [0.2, 0.25) is 11.5 Å². The highest BCUT2D eigenvalue weighted by atomic mass is 16.4. The minimum absolute atomic E-state index is 0.262. The molecule has 17 heteroatoms. The number of phenols is 13. The van der Waals surface area contributed by atoms with Gasteiger partial charge in [0.05, 0.1) is 38.2 Å². The van der Waals surface area contributed by atoms with Gasteiger partial charge < -0.3 is 76.1 Å². The second-order valence-corrected chi connectivity index (χ2v) is 13.3. The summed E-state index contributed by atoms with van der Waals surface area (Å²) >= 11 is 0. The zero-order valence-electron chi connectivity index (χ0n) is 29.1. The number of benzene rings is 7. The van der Waals surface area contributed by atoms with Gasteiger partial charge in [-0.2, -0.15) is 0 Å². The third-order valence-electron chi connectivity index (χ3n) is 10.1. The molecular weight excluding hydrogens is 758 g/mol. The average Bonchev–Trinajstić information content (AvgIpc) is 3.65. The lowest BCUT2D eigenvalue weighted by Gasteiger charge is -2.23. The van der Waals surface area contributed by atoms with E-state index in [0.29, 0.717) is 11.1 Å². The van der Waals surface area contributed by atoms with Crippen molar-refractivity contribution in [1.29, 1.82) is 0 Å². The number of rotatable bonds is 4. The number of furan rings is 1. The van der Waals surface area contributed by atoms with Crippen LogP contribution in [0.2, 0.25) is 0 Å². The Hall–Kier alpha value is -8.60. The molecule has 0 amide bonds. The predicted molar refractivity (Wildman–Crippen MR) is 208 cm³/mol. The Morgan fingerprint density at radius 2 is 0.879 bits per heavy atom. The minimum Gasteiger partial charge on any atom is -0.506 e. The molecule has 1 aliphatic heterocycles. The molecule has 2 heterocycles. The van der Waals surface area contributed by atoms with Crippen molar-refractivity contribution in [2.75, 3.05) is 0 Å². The van der Waals surface area contributed by atoms with Crippen molar-refractivity contribution < 1.29 is 70.8 Å². The van der Waals surface area contributed by atoms with Crippen molar-refractivity contribution in [2.24, 2.45) is 9.98 Å². The number of aromatic hydroxyl groups is 13. The first-order chi connectivity index (χ1) is 27.7. The van der Waals surface area contributed by atoms with Crippen LogP contribution in [0.3, 0.4) is 0 Å². The molecule has 0 fully saturated rings. The van der Waals surface area contributed by atoms with E-state index in [1.807, 2.05) is 36.4 Å². The van der Waals surface area contributed by atoms with Crippen molar-refractivity contribution in [3.8, 4) is 85.9 Å². The van der Waals surface area contributed by atoms with Gasteiger partial charge in [0.25, 0.3) is 0 Å². The monoisotopic (exact) mass is 785 g/mol. The largest absolute Gasteiger partial charge is 0.506 e. The van der Waals surface area contributed by atoms with E-state index < -0.39 is 130 Å². The summed E-state index contributed by atoms with van der Waals surface area (Å²) in [6.45, 7) is 0. The number of phenolic OH excluding ortho intramolecular Hbond substituents is 13. The zero-order chi connectivity index (χ0) is 41.1. The first-order valence-electron chi connectivity index (χ1n) is 17.0. The quantitative estimate of drug-likeness (QED) is 0.0695. The first kappa shape index (κ1) is 35.1. The summed E-state index contributed by atoms with van der Waals surface area (Å²) in [6, 6.07) is 22.0. The first-order valence-corrected chi connectivity index (χ1v) is 17.0. The van der Waals surface area contributed by atoms with Crippen LogP contribution in [0.25, 0.3) is 54.6 Å². The molecule has 1 aromatic heterocycles. The van der Waals surface area contributed by atoms with Crippen LogP contribution in [0.4, 0.5) is 0 Å². The van der Waals surface area contributed by atoms with Crippen LogP contribution in [0.15, 0.2) is 87.2 Å². The van der Waals surface area contributed by atoms with Crippen molar-refractivity contribution >= 4 is 55.2 Å². The maximum atomic E-state index is 11.8. The molecule has 1 unspecified atom stereocenters. The molecule has 0 aliphatic carbocycles. The molecule has 17 nitrogen and oxygen atoms in total. The van der Waals surface area contributed by atoms with Crippen LogP contribution in [0, 0.1) is 0 Å². The molecule has 0 saturated heterocycles. The van der Waals surface area contributed by atoms with Gasteiger partial charge in [-0.3, -0.25) is 0 Å². The van der Waals surface area contributed by atoms with E-state index in [0.717, 1.165) is 10.8 Å². The fourth-order valence-electron chi connectivity index (χ4n) is 7.32. The lowest BCUT2D eigenvalue weighted by molar-refractivity contribution is 0.347. The Morgan fingerprint density at radius 1 is 0.397 bits per heavy atom. The number of fused-ring (bicyclic) bond motifs is 5. The standard InChI is InChI=1S/C41H27N3O14/c45-24-17-19(29(50)36(57)35(56)28(17)49)26(47)25(46)18(24)20-27(48)30(51)21-22-31(52)32(53)23(34(55)38(22)58-37(21)33(20)54)41-43-39(14-7-2-1-3-8-14)42-40(44-41)16-11-10-13-6-4-5-9-15(13)12-16/h1-12,41,45-57H,(H,42,43,44). The maximum Gasteiger partial charge on any atom is 0.205 e.